The van der Waals surface area contributed by atoms with Gasteiger partial charge in [-0.1, -0.05) is 18.2 Å². The van der Waals surface area contributed by atoms with Crippen molar-refractivity contribution in [2.45, 2.75) is 13.8 Å². The fraction of sp³-hybridized carbons (Fsp3) is 0.188. The molecule has 0 bridgehead atoms. The van der Waals surface area contributed by atoms with Crippen LogP contribution in [0.1, 0.15) is 19.4 Å². The summed E-state index contributed by atoms with van der Waals surface area (Å²) >= 11 is 0. The van der Waals surface area contributed by atoms with E-state index in [1.54, 1.807) is 44.2 Å². The Kier molecular flexibility index (Phi) is 5.14. The van der Waals surface area contributed by atoms with E-state index < -0.39 is 17.2 Å². The molecule has 0 fully saturated rings. The third-order valence-corrected chi connectivity index (χ3v) is 2.89. The van der Waals surface area contributed by atoms with Crippen molar-refractivity contribution in [1.82, 2.24) is 9.97 Å². The van der Waals surface area contributed by atoms with E-state index in [1.807, 2.05) is 0 Å². The number of ether oxygens (including phenoxy) is 2. The van der Waals surface area contributed by atoms with Gasteiger partial charge in [0.05, 0.1) is 6.61 Å². The van der Waals surface area contributed by atoms with Gasteiger partial charge in [-0.05, 0) is 31.6 Å². The maximum Gasteiger partial charge on any atom is 0.331 e. The monoisotopic (exact) mass is 316 g/mol. The molecular weight excluding hydrogens is 300 g/mol. The fourth-order valence-corrected chi connectivity index (χ4v) is 1.94. The first-order chi connectivity index (χ1) is 11.0. The number of allylic oxidation sites excluding steroid dienone is 1. The van der Waals surface area contributed by atoms with Gasteiger partial charge in [0.25, 0.3) is 5.56 Å². The summed E-state index contributed by atoms with van der Waals surface area (Å²) in [5, 5.41) is 0. The van der Waals surface area contributed by atoms with E-state index in [0.29, 0.717) is 11.3 Å². The number of rotatable bonds is 5. The van der Waals surface area contributed by atoms with Crippen molar-refractivity contribution in [2.24, 2.45) is 0 Å². The van der Waals surface area contributed by atoms with Crippen LogP contribution in [-0.4, -0.2) is 22.5 Å². The van der Waals surface area contributed by atoms with E-state index >= 15 is 0 Å². The molecule has 0 spiro atoms. The molecule has 0 saturated carbocycles. The summed E-state index contributed by atoms with van der Waals surface area (Å²) in [6.45, 7) is 3.45. The lowest BCUT2D eigenvalue weighted by atomic mass is 10.1. The minimum atomic E-state index is -0.700. The molecule has 0 radical (unpaired) electrons. The van der Waals surface area contributed by atoms with Crippen LogP contribution in [0.25, 0.3) is 5.57 Å². The summed E-state index contributed by atoms with van der Waals surface area (Å²) in [5.74, 6) is -0.178. The van der Waals surface area contributed by atoms with Crippen molar-refractivity contribution < 1.29 is 14.3 Å². The Balaban J connectivity index is 2.48. The van der Waals surface area contributed by atoms with Gasteiger partial charge < -0.3 is 9.47 Å². The van der Waals surface area contributed by atoms with Crippen molar-refractivity contribution in [3.05, 3.63) is 62.8 Å². The molecule has 1 aromatic carbocycles. The number of aromatic nitrogens is 2. The van der Waals surface area contributed by atoms with Gasteiger partial charge in [0.1, 0.15) is 11.3 Å². The molecule has 0 atom stereocenters. The maximum atomic E-state index is 12.1. The molecule has 0 saturated heterocycles. The highest BCUT2D eigenvalue weighted by atomic mass is 16.5. The summed E-state index contributed by atoms with van der Waals surface area (Å²) in [4.78, 5) is 39.7. The van der Waals surface area contributed by atoms with E-state index in [-0.39, 0.29) is 18.1 Å². The van der Waals surface area contributed by atoms with Gasteiger partial charge in [0, 0.05) is 6.08 Å². The van der Waals surface area contributed by atoms with E-state index in [4.69, 9.17) is 9.47 Å². The predicted molar refractivity (Wildman–Crippen MR) is 84.5 cm³/mol. The number of hydrogen-bond donors (Lipinski definition) is 2. The maximum absolute atomic E-state index is 12.1. The standard InChI is InChI=1S/C16H16N2O5/c1-3-22-12(19)9-10(2)13-14(20)17-16(21)18-15(13)23-11-7-5-4-6-8-11/h4-9H,3H2,1-2H3,(H2,17,18,20,21)/b10-9+. The van der Waals surface area contributed by atoms with Crippen molar-refractivity contribution >= 4 is 11.5 Å². The topological polar surface area (TPSA) is 101 Å². The van der Waals surface area contributed by atoms with Gasteiger partial charge in [-0.2, -0.15) is 0 Å². The molecule has 23 heavy (non-hydrogen) atoms. The van der Waals surface area contributed by atoms with Gasteiger partial charge in [0.15, 0.2) is 0 Å². The van der Waals surface area contributed by atoms with Gasteiger partial charge in [-0.3, -0.25) is 14.8 Å². The van der Waals surface area contributed by atoms with Crippen LogP contribution < -0.4 is 16.0 Å². The molecule has 7 heteroatoms. The zero-order valence-corrected chi connectivity index (χ0v) is 12.7. The quantitative estimate of drug-likeness (QED) is 0.647. The minimum Gasteiger partial charge on any atom is -0.463 e. The molecule has 0 unspecified atom stereocenters. The summed E-state index contributed by atoms with van der Waals surface area (Å²) in [6.07, 6.45) is 1.17. The molecule has 1 heterocycles. The van der Waals surface area contributed by atoms with E-state index in [1.165, 1.54) is 6.08 Å². The largest absolute Gasteiger partial charge is 0.463 e. The molecule has 2 rings (SSSR count). The fourth-order valence-electron chi connectivity index (χ4n) is 1.94. The lowest BCUT2D eigenvalue weighted by Gasteiger charge is -2.10. The first kappa shape index (κ1) is 16.3. The molecule has 0 aliphatic rings. The number of carbonyl (C=O) groups excluding carboxylic acids is 1. The van der Waals surface area contributed by atoms with Crippen molar-refractivity contribution in [1.29, 1.82) is 0 Å². The van der Waals surface area contributed by atoms with Crippen LogP contribution >= 0.6 is 0 Å². The summed E-state index contributed by atoms with van der Waals surface area (Å²) < 4.78 is 10.4. The Bertz CT molecular complexity index is 834. The van der Waals surface area contributed by atoms with Crippen LogP contribution in [0.15, 0.2) is 46.0 Å². The molecule has 0 aliphatic heterocycles. The average molecular weight is 316 g/mol. The molecule has 1 aromatic heterocycles. The second-order valence-corrected chi connectivity index (χ2v) is 4.61. The number of benzene rings is 1. The number of hydrogen-bond acceptors (Lipinski definition) is 5. The van der Waals surface area contributed by atoms with E-state index in [2.05, 4.69) is 9.97 Å². The Labute approximate surface area is 131 Å². The van der Waals surface area contributed by atoms with Gasteiger partial charge in [0.2, 0.25) is 5.88 Å². The number of H-pyrrole nitrogens is 2. The van der Waals surface area contributed by atoms with Crippen LogP contribution in [0.3, 0.4) is 0 Å². The highest BCUT2D eigenvalue weighted by Gasteiger charge is 2.15. The number of para-hydroxylation sites is 1. The molecule has 120 valence electrons. The Morgan fingerprint density at radius 3 is 2.52 bits per heavy atom. The number of carbonyl (C=O) groups is 1. The van der Waals surface area contributed by atoms with Gasteiger partial charge in [-0.25, -0.2) is 9.59 Å². The predicted octanol–water partition coefficient (Wildman–Crippen LogP) is 1.82. The molecule has 7 nitrogen and oxygen atoms in total. The van der Waals surface area contributed by atoms with E-state index in [9.17, 15) is 14.4 Å². The van der Waals surface area contributed by atoms with Gasteiger partial charge >= 0.3 is 11.7 Å². The average Bonchev–Trinajstić information content (AvgIpc) is 2.47. The molecular formula is C16H16N2O5. The lowest BCUT2D eigenvalue weighted by Crippen LogP contribution is -2.25. The first-order valence-corrected chi connectivity index (χ1v) is 6.96. The highest BCUT2D eigenvalue weighted by Crippen LogP contribution is 2.24. The van der Waals surface area contributed by atoms with Crippen molar-refractivity contribution in [3.63, 3.8) is 0 Å². The number of esters is 1. The van der Waals surface area contributed by atoms with Crippen molar-refractivity contribution in [3.8, 4) is 11.6 Å². The minimum absolute atomic E-state index is 0.0389. The van der Waals surface area contributed by atoms with Crippen LogP contribution in [0.4, 0.5) is 0 Å². The van der Waals surface area contributed by atoms with Crippen LogP contribution in [0.2, 0.25) is 0 Å². The summed E-state index contributed by atoms with van der Waals surface area (Å²) in [7, 11) is 0. The molecule has 0 amide bonds. The number of aromatic amines is 2. The highest BCUT2D eigenvalue weighted by molar-refractivity contribution is 5.91. The second-order valence-electron chi connectivity index (χ2n) is 4.61. The van der Waals surface area contributed by atoms with Crippen LogP contribution in [-0.2, 0) is 9.53 Å². The van der Waals surface area contributed by atoms with Gasteiger partial charge in [-0.15, -0.1) is 0 Å². The summed E-state index contributed by atoms with van der Waals surface area (Å²) in [6, 6.07) is 8.66. The lowest BCUT2D eigenvalue weighted by molar-refractivity contribution is -0.137. The Morgan fingerprint density at radius 2 is 1.87 bits per heavy atom. The third kappa shape index (κ3) is 4.19. The van der Waals surface area contributed by atoms with E-state index in [0.717, 1.165) is 0 Å². The normalized spacial score (nSPS) is 11.1. The first-order valence-electron chi connectivity index (χ1n) is 6.96. The smallest absolute Gasteiger partial charge is 0.331 e. The van der Waals surface area contributed by atoms with Crippen molar-refractivity contribution in [2.75, 3.05) is 6.61 Å². The molecule has 0 aliphatic carbocycles. The zero-order chi connectivity index (χ0) is 16.8. The molecule has 2 aromatic rings. The summed E-state index contributed by atoms with van der Waals surface area (Å²) in [5.41, 5.74) is -0.986. The Morgan fingerprint density at radius 1 is 1.17 bits per heavy atom. The third-order valence-electron chi connectivity index (χ3n) is 2.89. The second kappa shape index (κ2) is 7.26. The Hall–Kier alpha value is -3.09. The van der Waals surface area contributed by atoms with Crippen LogP contribution in [0, 0.1) is 0 Å². The molecule has 2 N–H and O–H groups in total. The SMILES string of the molecule is CCOC(=O)/C=C(\C)c1c(Oc2ccccc2)[nH]c(=O)[nH]c1=O. The van der Waals surface area contributed by atoms with Crippen LogP contribution in [0.5, 0.6) is 11.6 Å². The zero-order valence-electron chi connectivity index (χ0n) is 12.7. The number of nitrogens with one attached hydrogen (secondary N) is 2.